The molecular weight excluding hydrogens is 184 g/mol. The number of hydrogen-bond acceptors (Lipinski definition) is 5. The first kappa shape index (κ1) is 10.3. The van der Waals surface area contributed by atoms with Crippen LogP contribution in [0.5, 0.6) is 0 Å². The molecule has 1 rings (SSSR count). The Balaban J connectivity index is 2.28. The number of oxazole rings is 1. The highest BCUT2D eigenvalue weighted by Crippen LogP contribution is 2.00. The van der Waals surface area contributed by atoms with E-state index in [1.165, 1.54) is 19.4 Å². The van der Waals surface area contributed by atoms with Crippen LogP contribution in [0.1, 0.15) is 11.7 Å². The number of carbonyl (C=O) groups is 1. The van der Waals surface area contributed by atoms with E-state index in [4.69, 9.17) is 4.42 Å². The van der Waals surface area contributed by atoms with E-state index in [9.17, 15) is 4.79 Å². The van der Waals surface area contributed by atoms with Gasteiger partial charge in [0, 0.05) is 12.3 Å². The van der Waals surface area contributed by atoms with Crippen molar-refractivity contribution < 1.29 is 13.9 Å². The van der Waals surface area contributed by atoms with Gasteiger partial charge >= 0.3 is 5.97 Å². The number of carbonyl (C=O) groups excluding carboxylic acids is 1. The Morgan fingerprint density at radius 1 is 1.79 bits per heavy atom. The molecule has 5 heteroatoms. The molecule has 0 atom stereocenters. The van der Waals surface area contributed by atoms with Gasteiger partial charge in [0.15, 0.2) is 0 Å². The summed E-state index contributed by atoms with van der Waals surface area (Å²) in [5.41, 5.74) is 0. The first-order chi connectivity index (χ1) is 6.72. The summed E-state index contributed by atoms with van der Waals surface area (Å²) in [7, 11) is 1.32. The molecule has 1 aromatic heterocycles. The zero-order valence-electron chi connectivity index (χ0n) is 8.11. The molecule has 1 heterocycles. The third-order valence-corrected chi connectivity index (χ3v) is 1.46. The number of nitrogens with zero attached hydrogens (tertiary/aromatic N) is 1. The SMILES string of the molecule is COC(=O)/C=C/NCc1ncc(C)o1. The largest absolute Gasteiger partial charge is 0.466 e. The lowest BCUT2D eigenvalue weighted by atomic mass is 10.6. The van der Waals surface area contributed by atoms with Crippen molar-refractivity contribution in [1.82, 2.24) is 10.3 Å². The molecule has 0 unspecified atom stereocenters. The molecule has 5 nitrogen and oxygen atoms in total. The molecule has 0 radical (unpaired) electrons. The van der Waals surface area contributed by atoms with Crippen LogP contribution in [0.3, 0.4) is 0 Å². The summed E-state index contributed by atoms with van der Waals surface area (Å²) < 4.78 is 9.59. The minimum atomic E-state index is -0.402. The molecule has 0 bridgehead atoms. The molecule has 76 valence electrons. The fraction of sp³-hybridized carbons (Fsp3) is 0.333. The van der Waals surface area contributed by atoms with Crippen molar-refractivity contribution in [2.75, 3.05) is 7.11 Å². The van der Waals surface area contributed by atoms with Gasteiger partial charge in [0.2, 0.25) is 5.89 Å². The van der Waals surface area contributed by atoms with Crippen molar-refractivity contribution in [2.24, 2.45) is 0 Å². The monoisotopic (exact) mass is 196 g/mol. The van der Waals surface area contributed by atoms with Crippen molar-refractivity contribution in [3.63, 3.8) is 0 Å². The summed E-state index contributed by atoms with van der Waals surface area (Å²) in [6.45, 7) is 2.27. The predicted octanol–water partition coefficient (Wildman–Crippen LogP) is 0.759. The summed E-state index contributed by atoms with van der Waals surface area (Å²) in [5.74, 6) is 0.942. The van der Waals surface area contributed by atoms with Crippen LogP contribution in [0.25, 0.3) is 0 Å². The van der Waals surface area contributed by atoms with Crippen molar-refractivity contribution in [3.05, 3.63) is 30.1 Å². The van der Waals surface area contributed by atoms with Gasteiger partial charge in [-0.15, -0.1) is 0 Å². The maximum absolute atomic E-state index is 10.6. The third-order valence-electron chi connectivity index (χ3n) is 1.46. The molecular formula is C9H12N2O3. The van der Waals surface area contributed by atoms with Crippen molar-refractivity contribution in [1.29, 1.82) is 0 Å². The maximum Gasteiger partial charge on any atom is 0.331 e. The minimum absolute atomic E-state index is 0.402. The van der Waals surface area contributed by atoms with Gasteiger partial charge in [-0.05, 0) is 6.92 Å². The molecule has 0 aromatic carbocycles. The highest BCUT2D eigenvalue weighted by Gasteiger charge is 1.97. The van der Waals surface area contributed by atoms with E-state index < -0.39 is 5.97 Å². The third kappa shape index (κ3) is 3.30. The number of rotatable bonds is 4. The molecule has 0 spiro atoms. The van der Waals surface area contributed by atoms with Crippen molar-refractivity contribution >= 4 is 5.97 Å². The number of aryl methyl sites for hydroxylation is 1. The van der Waals surface area contributed by atoms with E-state index in [-0.39, 0.29) is 0 Å². The van der Waals surface area contributed by atoms with Crippen LogP contribution in [-0.4, -0.2) is 18.1 Å². The predicted molar refractivity (Wildman–Crippen MR) is 49.2 cm³/mol. The number of aromatic nitrogens is 1. The molecule has 1 aromatic rings. The van der Waals surface area contributed by atoms with Crippen LogP contribution >= 0.6 is 0 Å². The lowest BCUT2D eigenvalue weighted by molar-refractivity contribution is -0.134. The number of ether oxygens (including phenoxy) is 1. The second-order valence-corrected chi connectivity index (χ2v) is 2.60. The Labute approximate surface area is 81.8 Å². The number of methoxy groups -OCH3 is 1. The summed E-state index contributed by atoms with van der Waals surface area (Å²) in [6, 6.07) is 0. The second-order valence-electron chi connectivity index (χ2n) is 2.60. The van der Waals surface area contributed by atoms with Crippen LogP contribution < -0.4 is 5.32 Å². The molecule has 0 fully saturated rings. The van der Waals surface area contributed by atoms with E-state index in [1.807, 2.05) is 6.92 Å². The molecule has 0 saturated heterocycles. The van der Waals surface area contributed by atoms with Crippen molar-refractivity contribution in [3.8, 4) is 0 Å². The van der Waals surface area contributed by atoms with E-state index in [1.54, 1.807) is 6.20 Å². The zero-order chi connectivity index (χ0) is 10.4. The molecule has 0 aliphatic heterocycles. The highest BCUT2D eigenvalue weighted by molar-refractivity contribution is 5.81. The summed E-state index contributed by atoms with van der Waals surface area (Å²) in [5, 5.41) is 2.84. The number of esters is 1. The number of nitrogens with one attached hydrogen (secondary N) is 1. The van der Waals surface area contributed by atoms with Gasteiger partial charge in [0.25, 0.3) is 0 Å². The maximum atomic E-state index is 10.6. The van der Waals surface area contributed by atoms with Gasteiger partial charge in [0.1, 0.15) is 5.76 Å². The highest BCUT2D eigenvalue weighted by atomic mass is 16.5. The van der Waals surface area contributed by atoms with Gasteiger partial charge in [-0.3, -0.25) is 0 Å². The molecule has 0 saturated carbocycles. The topological polar surface area (TPSA) is 64.4 Å². The fourth-order valence-electron chi connectivity index (χ4n) is 0.824. The van der Waals surface area contributed by atoms with Crippen LogP contribution in [-0.2, 0) is 16.1 Å². The average molecular weight is 196 g/mol. The molecule has 0 aliphatic carbocycles. The minimum Gasteiger partial charge on any atom is -0.466 e. The van der Waals surface area contributed by atoms with Gasteiger partial charge in [-0.25, -0.2) is 9.78 Å². The Kier molecular flexibility index (Phi) is 3.72. The smallest absolute Gasteiger partial charge is 0.331 e. The van der Waals surface area contributed by atoms with Gasteiger partial charge in [0.05, 0.1) is 19.9 Å². The lowest BCUT2D eigenvalue weighted by Gasteiger charge is -1.94. The Morgan fingerprint density at radius 2 is 2.57 bits per heavy atom. The Hall–Kier alpha value is -1.78. The lowest BCUT2D eigenvalue weighted by Crippen LogP contribution is -2.06. The van der Waals surface area contributed by atoms with E-state index in [2.05, 4.69) is 15.0 Å². The fourth-order valence-corrected chi connectivity index (χ4v) is 0.824. The molecule has 0 amide bonds. The first-order valence-corrected chi connectivity index (χ1v) is 4.11. The number of hydrogen-bond donors (Lipinski definition) is 1. The summed E-state index contributed by atoms with van der Waals surface area (Å²) >= 11 is 0. The standard InChI is InChI=1S/C9H12N2O3/c1-7-5-11-8(14-7)6-10-4-3-9(12)13-2/h3-5,10H,6H2,1-2H3/b4-3+. The molecule has 1 N–H and O–H groups in total. The van der Waals surface area contributed by atoms with E-state index in [0.29, 0.717) is 12.4 Å². The van der Waals surface area contributed by atoms with Gasteiger partial charge in [-0.1, -0.05) is 0 Å². The Morgan fingerprint density at radius 3 is 3.14 bits per heavy atom. The first-order valence-electron chi connectivity index (χ1n) is 4.11. The second kappa shape index (κ2) is 5.06. The van der Waals surface area contributed by atoms with Crippen LogP contribution in [0.2, 0.25) is 0 Å². The van der Waals surface area contributed by atoms with Crippen LogP contribution in [0.15, 0.2) is 22.9 Å². The quantitative estimate of drug-likeness (QED) is 0.569. The van der Waals surface area contributed by atoms with Crippen LogP contribution in [0.4, 0.5) is 0 Å². The van der Waals surface area contributed by atoms with Gasteiger partial charge in [-0.2, -0.15) is 0 Å². The molecule has 0 aliphatic rings. The Bertz CT molecular complexity index is 331. The zero-order valence-corrected chi connectivity index (χ0v) is 8.11. The molecule has 14 heavy (non-hydrogen) atoms. The summed E-state index contributed by atoms with van der Waals surface area (Å²) in [6.07, 6.45) is 4.42. The normalized spacial score (nSPS) is 10.4. The van der Waals surface area contributed by atoms with E-state index >= 15 is 0 Å². The summed E-state index contributed by atoms with van der Waals surface area (Å²) in [4.78, 5) is 14.6. The van der Waals surface area contributed by atoms with Crippen LogP contribution in [0, 0.1) is 6.92 Å². The average Bonchev–Trinajstić information content (AvgIpc) is 2.58. The van der Waals surface area contributed by atoms with E-state index in [0.717, 1.165) is 5.76 Å². The van der Waals surface area contributed by atoms with Crippen molar-refractivity contribution in [2.45, 2.75) is 13.5 Å². The van der Waals surface area contributed by atoms with Gasteiger partial charge < -0.3 is 14.5 Å².